The maximum absolute atomic E-state index is 9.23. The lowest BCUT2D eigenvalue weighted by atomic mass is 10.2. The van der Waals surface area contributed by atoms with Gasteiger partial charge >= 0.3 is 0 Å². The summed E-state index contributed by atoms with van der Waals surface area (Å²) in [7, 11) is 3.43. The van der Waals surface area contributed by atoms with Crippen LogP contribution in [0.3, 0.4) is 0 Å². The van der Waals surface area contributed by atoms with Crippen molar-refractivity contribution in [1.82, 2.24) is 5.32 Å². The Kier molecular flexibility index (Phi) is 6.25. The van der Waals surface area contributed by atoms with Gasteiger partial charge in [-0.1, -0.05) is 11.6 Å². The molecule has 1 rings (SSSR count). The van der Waals surface area contributed by atoms with Crippen LogP contribution in [-0.4, -0.2) is 32.0 Å². The van der Waals surface area contributed by atoms with Gasteiger partial charge in [0.25, 0.3) is 0 Å². The molecule has 0 radical (unpaired) electrons. The number of ether oxygens (including phenoxy) is 2. The van der Waals surface area contributed by atoms with Crippen LogP contribution in [-0.2, 0) is 6.54 Å². The third-order valence-corrected chi connectivity index (χ3v) is 2.68. The highest BCUT2D eigenvalue weighted by Gasteiger charge is 2.12. The van der Waals surface area contributed by atoms with Crippen LogP contribution in [0, 0.1) is 0 Å². The SMILES string of the molecule is CNCc1cc(Cl)cc(OC)c1OCCC(C)O. The predicted molar refractivity (Wildman–Crippen MR) is 72.6 cm³/mol. The maximum atomic E-state index is 9.23. The Labute approximate surface area is 113 Å². The molecule has 1 aromatic carbocycles. The summed E-state index contributed by atoms with van der Waals surface area (Å²) in [5.41, 5.74) is 0.937. The lowest BCUT2D eigenvalue weighted by Gasteiger charge is -2.16. The van der Waals surface area contributed by atoms with Crippen LogP contribution >= 0.6 is 11.6 Å². The smallest absolute Gasteiger partial charge is 0.165 e. The van der Waals surface area contributed by atoms with Crippen molar-refractivity contribution in [3.05, 3.63) is 22.7 Å². The molecular weight excluding hydrogens is 254 g/mol. The average molecular weight is 274 g/mol. The number of aliphatic hydroxyl groups excluding tert-OH is 1. The van der Waals surface area contributed by atoms with Gasteiger partial charge in [0.05, 0.1) is 19.8 Å². The molecule has 0 amide bonds. The first kappa shape index (κ1) is 15.1. The summed E-state index contributed by atoms with van der Waals surface area (Å²) < 4.78 is 11.0. The van der Waals surface area contributed by atoms with Crippen LogP contribution in [0.1, 0.15) is 18.9 Å². The van der Waals surface area contributed by atoms with Gasteiger partial charge in [-0.05, 0) is 20.0 Å². The zero-order valence-corrected chi connectivity index (χ0v) is 11.8. The van der Waals surface area contributed by atoms with E-state index in [0.29, 0.717) is 36.1 Å². The molecule has 1 aromatic rings. The molecule has 18 heavy (non-hydrogen) atoms. The summed E-state index contributed by atoms with van der Waals surface area (Å²) in [5.74, 6) is 1.29. The van der Waals surface area contributed by atoms with Gasteiger partial charge in [-0.25, -0.2) is 0 Å². The minimum Gasteiger partial charge on any atom is -0.493 e. The second-order valence-electron chi connectivity index (χ2n) is 4.11. The summed E-state index contributed by atoms with van der Waals surface area (Å²) in [4.78, 5) is 0. The van der Waals surface area contributed by atoms with Crippen molar-refractivity contribution >= 4 is 11.6 Å². The molecule has 0 aliphatic carbocycles. The fourth-order valence-electron chi connectivity index (χ4n) is 1.59. The van der Waals surface area contributed by atoms with Crippen LogP contribution in [0.5, 0.6) is 11.5 Å². The molecule has 4 nitrogen and oxygen atoms in total. The molecule has 0 aliphatic heterocycles. The van der Waals surface area contributed by atoms with E-state index in [2.05, 4.69) is 5.32 Å². The van der Waals surface area contributed by atoms with E-state index in [9.17, 15) is 5.11 Å². The third kappa shape index (κ3) is 4.37. The number of benzene rings is 1. The molecule has 102 valence electrons. The lowest BCUT2D eigenvalue weighted by molar-refractivity contribution is 0.153. The zero-order valence-electron chi connectivity index (χ0n) is 11.0. The van der Waals surface area contributed by atoms with Gasteiger partial charge in [0, 0.05) is 29.6 Å². The van der Waals surface area contributed by atoms with E-state index < -0.39 is 0 Å². The standard InChI is InChI=1S/C13H20ClNO3/c1-9(16)4-5-18-13-10(8-15-2)6-11(14)7-12(13)17-3/h6-7,9,15-16H,4-5,8H2,1-3H3. The highest BCUT2D eigenvalue weighted by molar-refractivity contribution is 6.30. The molecule has 0 aromatic heterocycles. The lowest BCUT2D eigenvalue weighted by Crippen LogP contribution is -2.12. The van der Waals surface area contributed by atoms with Crippen molar-refractivity contribution in [2.45, 2.75) is 26.0 Å². The summed E-state index contributed by atoms with van der Waals surface area (Å²) in [6.07, 6.45) is 0.196. The number of nitrogens with one attached hydrogen (secondary N) is 1. The van der Waals surface area contributed by atoms with Gasteiger partial charge in [0.15, 0.2) is 11.5 Å². The molecule has 0 heterocycles. The fourth-order valence-corrected chi connectivity index (χ4v) is 1.82. The molecule has 1 unspecified atom stereocenters. The summed E-state index contributed by atoms with van der Waals surface area (Å²) in [5, 5.41) is 12.9. The van der Waals surface area contributed by atoms with Gasteiger partial charge in [0.1, 0.15) is 0 Å². The van der Waals surface area contributed by atoms with E-state index in [1.54, 1.807) is 20.1 Å². The van der Waals surface area contributed by atoms with Crippen molar-refractivity contribution in [2.75, 3.05) is 20.8 Å². The van der Waals surface area contributed by atoms with Crippen molar-refractivity contribution in [1.29, 1.82) is 0 Å². The molecule has 0 bridgehead atoms. The van der Waals surface area contributed by atoms with Gasteiger partial charge in [-0.3, -0.25) is 0 Å². The number of hydrogen-bond acceptors (Lipinski definition) is 4. The van der Waals surface area contributed by atoms with Crippen LogP contribution in [0.4, 0.5) is 0 Å². The Bertz CT molecular complexity index is 383. The Morgan fingerprint density at radius 3 is 2.72 bits per heavy atom. The minimum absolute atomic E-state index is 0.379. The highest BCUT2D eigenvalue weighted by Crippen LogP contribution is 2.34. The molecular formula is C13H20ClNO3. The van der Waals surface area contributed by atoms with Gasteiger partial charge in [-0.15, -0.1) is 0 Å². The topological polar surface area (TPSA) is 50.7 Å². The average Bonchev–Trinajstić information content (AvgIpc) is 2.31. The van der Waals surface area contributed by atoms with E-state index in [1.165, 1.54) is 0 Å². The molecule has 0 spiro atoms. The number of aliphatic hydroxyl groups is 1. The monoisotopic (exact) mass is 273 g/mol. The summed E-state index contributed by atoms with van der Waals surface area (Å²) in [6.45, 7) is 2.81. The molecule has 0 aliphatic rings. The van der Waals surface area contributed by atoms with E-state index in [0.717, 1.165) is 5.56 Å². The molecule has 0 fully saturated rings. The molecule has 1 atom stereocenters. The second kappa shape index (κ2) is 7.46. The van der Waals surface area contributed by atoms with E-state index >= 15 is 0 Å². The van der Waals surface area contributed by atoms with Crippen molar-refractivity contribution in [3.63, 3.8) is 0 Å². The van der Waals surface area contributed by atoms with E-state index in [-0.39, 0.29) is 6.10 Å². The Balaban J connectivity index is 2.90. The first-order valence-electron chi connectivity index (χ1n) is 5.90. The Morgan fingerprint density at radius 2 is 2.17 bits per heavy atom. The maximum Gasteiger partial charge on any atom is 0.165 e. The van der Waals surface area contributed by atoms with Crippen molar-refractivity contribution in [2.24, 2.45) is 0 Å². The molecule has 2 N–H and O–H groups in total. The Hall–Kier alpha value is -0.970. The second-order valence-corrected chi connectivity index (χ2v) is 4.55. The fraction of sp³-hybridized carbons (Fsp3) is 0.538. The number of hydrogen-bond donors (Lipinski definition) is 2. The van der Waals surface area contributed by atoms with Crippen LogP contribution < -0.4 is 14.8 Å². The van der Waals surface area contributed by atoms with Crippen LogP contribution in [0.25, 0.3) is 0 Å². The molecule has 5 heteroatoms. The van der Waals surface area contributed by atoms with Crippen LogP contribution in [0.2, 0.25) is 5.02 Å². The van der Waals surface area contributed by atoms with Crippen LogP contribution in [0.15, 0.2) is 12.1 Å². The summed E-state index contributed by atoms with van der Waals surface area (Å²) >= 11 is 6.02. The van der Waals surface area contributed by atoms with E-state index in [4.69, 9.17) is 21.1 Å². The van der Waals surface area contributed by atoms with Gasteiger partial charge in [0.2, 0.25) is 0 Å². The quantitative estimate of drug-likeness (QED) is 0.800. The largest absolute Gasteiger partial charge is 0.493 e. The third-order valence-electron chi connectivity index (χ3n) is 2.47. The van der Waals surface area contributed by atoms with Gasteiger partial charge < -0.3 is 19.9 Å². The first-order valence-corrected chi connectivity index (χ1v) is 6.28. The predicted octanol–water partition coefficient (Wildman–Crippen LogP) is 2.22. The number of halogens is 1. The zero-order chi connectivity index (χ0) is 13.5. The highest BCUT2D eigenvalue weighted by atomic mass is 35.5. The number of methoxy groups -OCH3 is 1. The summed E-state index contributed by atoms with van der Waals surface area (Å²) in [6, 6.07) is 3.57. The molecule has 0 saturated carbocycles. The first-order chi connectivity index (χ1) is 8.58. The molecule has 0 saturated heterocycles. The van der Waals surface area contributed by atoms with Crippen molar-refractivity contribution in [3.8, 4) is 11.5 Å². The number of rotatable bonds is 7. The van der Waals surface area contributed by atoms with Crippen molar-refractivity contribution < 1.29 is 14.6 Å². The van der Waals surface area contributed by atoms with Gasteiger partial charge in [-0.2, -0.15) is 0 Å². The minimum atomic E-state index is -0.379. The Morgan fingerprint density at radius 1 is 1.44 bits per heavy atom. The van der Waals surface area contributed by atoms with E-state index in [1.807, 2.05) is 13.1 Å². The normalized spacial score (nSPS) is 12.3.